The molecule has 1 fully saturated rings. The third-order valence-corrected chi connectivity index (χ3v) is 3.94. The number of aliphatic hydroxyl groups excluding tert-OH is 2. The zero-order chi connectivity index (χ0) is 14.2. The van der Waals surface area contributed by atoms with Gasteiger partial charge in [-0.25, -0.2) is 4.79 Å². The van der Waals surface area contributed by atoms with Crippen LogP contribution in [0.4, 0.5) is 0 Å². The van der Waals surface area contributed by atoms with E-state index < -0.39 is 18.2 Å². The Morgan fingerprint density at radius 1 is 1.32 bits per heavy atom. The molecule has 104 valence electrons. The SMILES string of the molecule is C=C1[C@H](O)CC/C(C)=C/[C@H]2OC(=O)C(=C)[C@@H]2C[C@@H]1O. The average molecular weight is 264 g/mol. The lowest BCUT2D eigenvalue weighted by molar-refractivity contribution is -0.137. The number of hydrogen-bond acceptors (Lipinski definition) is 4. The summed E-state index contributed by atoms with van der Waals surface area (Å²) in [4.78, 5) is 11.6. The van der Waals surface area contributed by atoms with Gasteiger partial charge >= 0.3 is 5.97 Å². The minimum absolute atomic E-state index is 0.250. The number of aliphatic hydroxyl groups is 2. The quantitative estimate of drug-likeness (QED) is 0.395. The highest BCUT2D eigenvalue weighted by atomic mass is 16.6. The molecular weight excluding hydrogens is 244 g/mol. The fourth-order valence-corrected chi connectivity index (χ4v) is 2.59. The number of rotatable bonds is 0. The van der Waals surface area contributed by atoms with Crippen molar-refractivity contribution >= 4 is 5.97 Å². The van der Waals surface area contributed by atoms with E-state index in [2.05, 4.69) is 13.2 Å². The third-order valence-electron chi connectivity index (χ3n) is 3.94. The molecule has 1 aliphatic carbocycles. The summed E-state index contributed by atoms with van der Waals surface area (Å²) in [5.74, 6) is -0.656. The van der Waals surface area contributed by atoms with Gasteiger partial charge in [-0.2, -0.15) is 0 Å². The van der Waals surface area contributed by atoms with Crippen LogP contribution in [0.2, 0.25) is 0 Å². The normalized spacial score (nSPS) is 39.3. The summed E-state index contributed by atoms with van der Waals surface area (Å²) in [6.07, 6.45) is 1.47. The molecule has 1 heterocycles. The Labute approximate surface area is 113 Å². The number of carbonyl (C=O) groups excluding carboxylic acids is 1. The Morgan fingerprint density at radius 2 is 2.00 bits per heavy atom. The standard InChI is InChI=1S/C15H20O4/c1-8-4-5-12(16)10(3)13(17)7-11-9(2)15(18)19-14(11)6-8/h6,11-14,16-17H,2-5,7H2,1H3/b8-6+/t11-,12+,13-,14+/m0/s1. The summed E-state index contributed by atoms with van der Waals surface area (Å²) < 4.78 is 5.27. The van der Waals surface area contributed by atoms with Crippen molar-refractivity contribution < 1.29 is 19.7 Å². The lowest BCUT2D eigenvalue weighted by Gasteiger charge is -2.25. The highest BCUT2D eigenvalue weighted by Crippen LogP contribution is 2.35. The molecule has 4 nitrogen and oxygen atoms in total. The van der Waals surface area contributed by atoms with Crippen LogP contribution in [-0.4, -0.2) is 34.5 Å². The van der Waals surface area contributed by atoms with Gasteiger partial charge in [0.25, 0.3) is 0 Å². The molecule has 0 unspecified atom stereocenters. The summed E-state index contributed by atoms with van der Waals surface area (Å²) >= 11 is 0. The van der Waals surface area contributed by atoms with Crippen molar-refractivity contribution in [1.29, 1.82) is 0 Å². The van der Waals surface area contributed by atoms with Crippen molar-refractivity contribution in [3.63, 3.8) is 0 Å². The van der Waals surface area contributed by atoms with Crippen molar-refractivity contribution in [2.45, 2.75) is 44.5 Å². The molecule has 0 aromatic heterocycles. The lowest BCUT2D eigenvalue weighted by Crippen LogP contribution is -2.28. The van der Waals surface area contributed by atoms with Crippen LogP contribution in [-0.2, 0) is 9.53 Å². The first kappa shape index (κ1) is 14.0. The van der Waals surface area contributed by atoms with Crippen LogP contribution in [0.3, 0.4) is 0 Å². The molecule has 0 aromatic carbocycles. The van der Waals surface area contributed by atoms with Gasteiger partial charge in [-0.3, -0.25) is 0 Å². The van der Waals surface area contributed by atoms with Crippen LogP contribution < -0.4 is 0 Å². The maximum atomic E-state index is 11.6. The van der Waals surface area contributed by atoms with E-state index in [0.29, 0.717) is 30.4 Å². The largest absolute Gasteiger partial charge is 0.454 e. The number of ether oxygens (including phenoxy) is 1. The number of hydrogen-bond donors (Lipinski definition) is 2. The van der Waals surface area contributed by atoms with E-state index in [0.717, 1.165) is 5.57 Å². The highest BCUT2D eigenvalue weighted by molar-refractivity contribution is 5.91. The molecule has 0 bridgehead atoms. The van der Waals surface area contributed by atoms with E-state index >= 15 is 0 Å². The van der Waals surface area contributed by atoms with Crippen LogP contribution in [0.25, 0.3) is 0 Å². The van der Waals surface area contributed by atoms with Crippen LogP contribution in [0, 0.1) is 5.92 Å². The molecule has 0 aromatic rings. The van der Waals surface area contributed by atoms with Gasteiger partial charge in [0.05, 0.1) is 12.2 Å². The van der Waals surface area contributed by atoms with E-state index in [1.807, 2.05) is 13.0 Å². The summed E-state index contributed by atoms with van der Waals surface area (Å²) in [5, 5.41) is 20.0. The predicted molar refractivity (Wildman–Crippen MR) is 71.3 cm³/mol. The number of esters is 1. The first-order valence-corrected chi connectivity index (χ1v) is 6.52. The smallest absolute Gasteiger partial charge is 0.334 e. The second-order valence-electron chi connectivity index (χ2n) is 5.40. The fourth-order valence-electron chi connectivity index (χ4n) is 2.59. The molecule has 0 amide bonds. The minimum Gasteiger partial charge on any atom is -0.454 e. The van der Waals surface area contributed by atoms with Crippen LogP contribution in [0.5, 0.6) is 0 Å². The van der Waals surface area contributed by atoms with Crippen molar-refractivity contribution in [2.24, 2.45) is 5.92 Å². The van der Waals surface area contributed by atoms with E-state index in [1.165, 1.54) is 0 Å². The average Bonchev–Trinajstić information content (AvgIpc) is 2.62. The maximum Gasteiger partial charge on any atom is 0.334 e. The maximum absolute atomic E-state index is 11.6. The van der Waals surface area contributed by atoms with Crippen molar-refractivity contribution in [1.82, 2.24) is 0 Å². The Hall–Kier alpha value is -1.39. The van der Waals surface area contributed by atoms with Crippen molar-refractivity contribution in [2.75, 3.05) is 0 Å². The molecule has 2 N–H and O–H groups in total. The summed E-state index contributed by atoms with van der Waals surface area (Å²) in [7, 11) is 0. The van der Waals surface area contributed by atoms with Crippen LogP contribution in [0.1, 0.15) is 26.2 Å². The molecule has 19 heavy (non-hydrogen) atoms. The van der Waals surface area contributed by atoms with Gasteiger partial charge in [-0.05, 0) is 37.8 Å². The molecule has 1 aliphatic heterocycles. The molecule has 0 spiro atoms. The van der Waals surface area contributed by atoms with Gasteiger partial charge in [0.1, 0.15) is 6.10 Å². The predicted octanol–water partition coefficient (Wildman–Crippen LogP) is 1.49. The van der Waals surface area contributed by atoms with Gasteiger partial charge in [-0.15, -0.1) is 0 Å². The van der Waals surface area contributed by atoms with Crippen LogP contribution >= 0.6 is 0 Å². The Kier molecular flexibility index (Phi) is 3.92. The first-order valence-electron chi connectivity index (χ1n) is 6.52. The topological polar surface area (TPSA) is 66.8 Å². The summed E-state index contributed by atoms with van der Waals surface area (Å²) in [5.41, 5.74) is 1.84. The van der Waals surface area contributed by atoms with E-state index in [1.54, 1.807) is 0 Å². The zero-order valence-corrected chi connectivity index (χ0v) is 11.1. The van der Waals surface area contributed by atoms with E-state index in [-0.39, 0.29) is 12.0 Å². The monoisotopic (exact) mass is 264 g/mol. The van der Waals surface area contributed by atoms with Crippen molar-refractivity contribution in [3.05, 3.63) is 36.0 Å². The second kappa shape index (κ2) is 5.31. The molecule has 4 heteroatoms. The van der Waals surface area contributed by atoms with Gasteiger partial charge in [-0.1, -0.05) is 18.7 Å². The first-order chi connectivity index (χ1) is 8.90. The van der Waals surface area contributed by atoms with Gasteiger partial charge in [0.15, 0.2) is 0 Å². The molecule has 2 rings (SSSR count). The summed E-state index contributed by atoms with van der Waals surface area (Å²) in [6.45, 7) is 9.44. The zero-order valence-electron chi connectivity index (χ0n) is 11.1. The molecule has 0 saturated carbocycles. The van der Waals surface area contributed by atoms with Gasteiger partial charge in [0.2, 0.25) is 0 Å². The molecule has 1 saturated heterocycles. The number of allylic oxidation sites excluding steroid dienone is 1. The second-order valence-corrected chi connectivity index (χ2v) is 5.40. The van der Waals surface area contributed by atoms with Crippen molar-refractivity contribution in [3.8, 4) is 0 Å². The van der Waals surface area contributed by atoms with Crippen LogP contribution in [0.15, 0.2) is 36.0 Å². The fraction of sp³-hybridized carbons (Fsp3) is 0.533. The lowest BCUT2D eigenvalue weighted by atomic mass is 9.85. The molecule has 2 aliphatic rings. The molecular formula is C15H20O4. The van der Waals surface area contributed by atoms with E-state index in [4.69, 9.17) is 4.74 Å². The van der Waals surface area contributed by atoms with Gasteiger partial charge in [0, 0.05) is 11.5 Å². The number of carbonyl (C=O) groups is 1. The Balaban J connectivity index is 2.30. The third kappa shape index (κ3) is 2.80. The minimum atomic E-state index is -0.847. The molecule has 4 atom stereocenters. The number of fused-ring (bicyclic) bond motifs is 1. The Morgan fingerprint density at radius 3 is 2.68 bits per heavy atom. The van der Waals surface area contributed by atoms with Gasteiger partial charge < -0.3 is 14.9 Å². The Bertz CT molecular complexity index is 449. The summed E-state index contributed by atoms with van der Waals surface area (Å²) in [6, 6.07) is 0. The highest BCUT2D eigenvalue weighted by Gasteiger charge is 2.39. The molecule has 0 radical (unpaired) electrons. The van der Waals surface area contributed by atoms with E-state index in [9.17, 15) is 15.0 Å².